The Hall–Kier alpha value is -1.09. The van der Waals surface area contributed by atoms with E-state index in [2.05, 4.69) is 28.4 Å². The zero-order chi connectivity index (χ0) is 10.4. The van der Waals surface area contributed by atoms with Gasteiger partial charge < -0.3 is 9.80 Å². The SMILES string of the molecule is C=C/C=C(\N=C/C)N1CCN(C)CC1. The standard InChI is InChI=1S/C11H19N3/c1-4-6-11(12-5-2)14-9-7-13(3)8-10-14/h4-6H,1,7-10H2,2-3H3/b11-6+,12-5-. The van der Waals surface area contributed by atoms with Gasteiger partial charge in [-0.3, -0.25) is 0 Å². The molecule has 0 aromatic rings. The summed E-state index contributed by atoms with van der Waals surface area (Å²) in [5.74, 6) is 1.02. The molecule has 0 radical (unpaired) electrons. The van der Waals surface area contributed by atoms with E-state index < -0.39 is 0 Å². The van der Waals surface area contributed by atoms with E-state index in [-0.39, 0.29) is 0 Å². The van der Waals surface area contributed by atoms with Crippen molar-refractivity contribution in [2.24, 2.45) is 4.99 Å². The van der Waals surface area contributed by atoms with Crippen LogP contribution in [0.15, 0.2) is 29.5 Å². The van der Waals surface area contributed by atoms with Crippen molar-refractivity contribution in [2.45, 2.75) is 6.92 Å². The van der Waals surface area contributed by atoms with E-state index in [1.807, 2.05) is 19.2 Å². The van der Waals surface area contributed by atoms with Crippen LogP contribution in [-0.4, -0.2) is 49.2 Å². The molecule has 0 aromatic heterocycles. The third-order valence-electron chi connectivity index (χ3n) is 2.36. The number of allylic oxidation sites excluding steroid dienone is 2. The molecule has 1 heterocycles. The van der Waals surface area contributed by atoms with Crippen LogP contribution >= 0.6 is 0 Å². The van der Waals surface area contributed by atoms with Crippen molar-refractivity contribution in [3.8, 4) is 0 Å². The van der Waals surface area contributed by atoms with Crippen molar-refractivity contribution in [3.05, 3.63) is 24.6 Å². The topological polar surface area (TPSA) is 18.8 Å². The number of nitrogens with zero attached hydrogens (tertiary/aromatic N) is 3. The molecule has 14 heavy (non-hydrogen) atoms. The average molecular weight is 193 g/mol. The highest BCUT2D eigenvalue weighted by molar-refractivity contribution is 5.55. The van der Waals surface area contributed by atoms with Crippen LogP contribution in [0, 0.1) is 0 Å². The Morgan fingerprint density at radius 3 is 2.43 bits per heavy atom. The first-order valence-electron chi connectivity index (χ1n) is 5.03. The van der Waals surface area contributed by atoms with Crippen molar-refractivity contribution in [3.63, 3.8) is 0 Å². The highest BCUT2D eigenvalue weighted by Crippen LogP contribution is 2.09. The fraction of sp³-hybridized carbons (Fsp3) is 0.545. The summed E-state index contributed by atoms with van der Waals surface area (Å²) >= 11 is 0. The lowest BCUT2D eigenvalue weighted by Crippen LogP contribution is -2.43. The van der Waals surface area contributed by atoms with Crippen molar-refractivity contribution in [2.75, 3.05) is 33.2 Å². The minimum Gasteiger partial charge on any atom is -0.354 e. The zero-order valence-corrected chi connectivity index (χ0v) is 9.11. The van der Waals surface area contributed by atoms with Gasteiger partial charge in [0.2, 0.25) is 0 Å². The molecule has 1 aliphatic rings. The number of aliphatic imine (C=N–C) groups is 1. The van der Waals surface area contributed by atoms with Crippen LogP contribution in [0.3, 0.4) is 0 Å². The maximum Gasteiger partial charge on any atom is 0.128 e. The van der Waals surface area contributed by atoms with Gasteiger partial charge in [0.15, 0.2) is 0 Å². The van der Waals surface area contributed by atoms with Crippen LogP contribution in [0.25, 0.3) is 0 Å². The molecule has 1 aliphatic heterocycles. The van der Waals surface area contributed by atoms with Crippen LogP contribution in [0.1, 0.15) is 6.92 Å². The first kappa shape index (κ1) is 11.0. The Morgan fingerprint density at radius 1 is 1.29 bits per heavy atom. The third-order valence-corrected chi connectivity index (χ3v) is 2.36. The summed E-state index contributed by atoms with van der Waals surface area (Å²) in [4.78, 5) is 8.96. The molecule has 0 spiro atoms. The molecule has 0 saturated carbocycles. The minimum absolute atomic E-state index is 1.02. The molecule has 1 saturated heterocycles. The molecular weight excluding hydrogens is 174 g/mol. The molecule has 3 nitrogen and oxygen atoms in total. The molecule has 0 atom stereocenters. The molecule has 1 fully saturated rings. The Kier molecular flexibility index (Phi) is 4.40. The normalized spacial score (nSPS) is 20.4. The number of rotatable bonds is 3. The maximum atomic E-state index is 4.33. The Bertz CT molecular complexity index is 235. The van der Waals surface area contributed by atoms with Crippen LogP contribution in [0.5, 0.6) is 0 Å². The second-order valence-electron chi connectivity index (χ2n) is 3.44. The Morgan fingerprint density at radius 2 is 1.93 bits per heavy atom. The van der Waals surface area contributed by atoms with Crippen molar-refractivity contribution in [1.29, 1.82) is 0 Å². The van der Waals surface area contributed by atoms with Crippen LogP contribution in [0.4, 0.5) is 0 Å². The molecule has 0 N–H and O–H groups in total. The molecule has 3 heteroatoms. The number of piperazine rings is 1. The summed E-state index contributed by atoms with van der Waals surface area (Å²) in [6.07, 6.45) is 5.58. The lowest BCUT2D eigenvalue weighted by molar-refractivity contribution is 0.185. The summed E-state index contributed by atoms with van der Waals surface area (Å²) in [6.45, 7) is 9.95. The Labute approximate surface area is 86.4 Å². The molecule has 78 valence electrons. The summed E-state index contributed by atoms with van der Waals surface area (Å²) in [6, 6.07) is 0. The van der Waals surface area contributed by atoms with Gasteiger partial charge in [-0.25, -0.2) is 4.99 Å². The van der Waals surface area contributed by atoms with Crippen LogP contribution < -0.4 is 0 Å². The number of likely N-dealkylation sites (N-methyl/N-ethyl adjacent to an activating group) is 1. The smallest absolute Gasteiger partial charge is 0.128 e. The van der Waals surface area contributed by atoms with Gasteiger partial charge in [0.1, 0.15) is 5.82 Å². The third kappa shape index (κ3) is 3.00. The fourth-order valence-corrected chi connectivity index (χ4v) is 1.50. The monoisotopic (exact) mass is 193 g/mol. The Balaban J connectivity index is 2.61. The van der Waals surface area contributed by atoms with Gasteiger partial charge in [0.05, 0.1) is 0 Å². The summed E-state index contributed by atoms with van der Waals surface area (Å²) in [5, 5.41) is 0. The van der Waals surface area contributed by atoms with Crippen molar-refractivity contribution < 1.29 is 0 Å². The van der Waals surface area contributed by atoms with Gasteiger partial charge in [-0.1, -0.05) is 12.7 Å². The van der Waals surface area contributed by atoms with E-state index >= 15 is 0 Å². The average Bonchev–Trinajstić information content (AvgIpc) is 2.19. The van der Waals surface area contributed by atoms with E-state index in [4.69, 9.17) is 0 Å². The molecule has 0 bridgehead atoms. The van der Waals surface area contributed by atoms with Crippen molar-refractivity contribution in [1.82, 2.24) is 9.80 Å². The van der Waals surface area contributed by atoms with Gasteiger partial charge in [-0.15, -0.1) is 0 Å². The van der Waals surface area contributed by atoms with Gasteiger partial charge in [0, 0.05) is 32.4 Å². The predicted molar refractivity (Wildman–Crippen MR) is 61.5 cm³/mol. The fourth-order valence-electron chi connectivity index (χ4n) is 1.50. The van der Waals surface area contributed by atoms with Gasteiger partial charge >= 0.3 is 0 Å². The minimum atomic E-state index is 1.02. The second kappa shape index (κ2) is 5.60. The summed E-state index contributed by atoms with van der Waals surface area (Å²) in [5.41, 5.74) is 0. The molecule has 0 unspecified atom stereocenters. The van der Waals surface area contributed by atoms with Crippen LogP contribution in [0.2, 0.25) is 0 Å². The van der Waals surface area contributed by atoms with Crippen LogP contribution in [-0.2, 0) is 0 Å². The summed E-state index contributed by atoms with van der Waals surface area (Å²) < 4.78 is 0. The zero-order valence-electron chi connectivity index (χ0n) is 9.11. The van der Waals surface area contributed by atoms with E-state index in [1.54, 1.807) is 6.08 Å². The number of hydrogen-bond donors (Lipinski definition) is 0. The van der Waals surface area contributed by atoms with Gasteiger partial charge in [0.25, 0.3) is 0 Å². The predicted octanol–water partition coefficient (Wildman–Crippen LogP) is 1.35. The highest BCUT2D eigenvalue weighted by Gasteiger charge is 2.14. The van der Waals surface area contributed by atoms with Gasteiger partial charge in [-0.05, 0) is 20.0 Å². The second-order valence-corrected chi connectivity index (χ2v) is 3.44. The highest BCUT2D eigenvalue weighted by atomic mass is 15.3. The lowest BCUT2D eigenvalue weighted by Gasteiger charge is -2.33. The van der Waals surface area contributed by atoms with E-state index in [9.17, 15) is 0 Å². The molecule has 0 amide bonds. The largest absolute Gasteiger partial charge is 0.354 e. The lowest BCUT2D eigenvalue weighted by atomic mass is 10.3. The number of hydrogen-bond acceptors (Lipinski definition) is 3. The van der Waals surface area contributed by atoms with E-state index in [1.165, 1.54) is 0 Å². The van der Waals surface area contributed by atoms with Gasteiger partial charge in [-0.2, -0.15) is 0 Å². The van der Waals surface area contributed by atoms with E-state index in [0.717, 1.165) is 32.0 Å². The maximum absolute atomic E-state index is 4.33. The molecular formula is C11H19N3. The van der Waals surface area contributed by atoms with E-state index in [0.29, 0.717) is 0 Å². The quantitative estimate of drug-likeness (QED) is 0.498. The first-order chi connectivity index (χ1) is 6.77. The molecule has 0 aromatic carbocycles. The van der Waals surface area contributed by atoms with Crippen molar-refractivity contribution >= 4 is 6.21 Å². The summed E-state index contributed by atoms with van der Waals surface area (Å²) in [7, 11) is 2.15. The molecule has 1 rings (SSSR count). The first-order valence-corrected chi connectivity index (χ1v) is 5.03. The molecule has 0 aliphatic carbocycles.